The lowest BCUT2D eigenvalue weighted by Gasteiger charge is -2.26. The van der Waals surface area contributed by atoms with Crippen molar-refractivity contribution in [1.82, 2.24) is 13.4 Å². The number of amides is 1. The van der Waals surface area contributed by atoms with Crippen molar-refractivity contribution >= 4 is 32.7 Å². The SMILES string of the molecule is CCn1c(=O)n(CCC(=O)Nc2cc(S(=O)(=O)N3CCCCC3)ccc2OC)c2ccccc21. The Morgan fingerprint density at radius 2 is 1.71 bits per heavy atom. The van der Waals surface area contributed by atoms with E-state index in [1.807, 2.05) is 31.2 Å². The quantitative estimate of drug-likeness (QED) is 0.527. The molecule has 0 unspecified atom stereocenters. The second-order valence-corrected chi connectivity index (χ2v) is 10.2. The molecule has 0 bridgehead atoms. The second-order valence-electron chi connectivity index (χ2n) is 8.29. The molecule has 0 spiro atoms. The van der Waals surface area contributed by atoms with Crippen molar-refractivity contribution in [3.05, 3.63) is 52.9 Å². The number of ether oxygens (including phenoxy) is 1. The van der Waals surface area contributed by atoms with Crippen LogP contribution in [0.15, 0.2) is 52.2 Å². The van der Waals surface area contributed by atoms with Crippen LogP contribution in [0, 0.1) is 0 Å². The smallest absolute Gasteiger partial charge is 0.329 e. The van der Waals surface area contributed by atoms with E-state index < -0.39 is 10.0 Å². The van der Waals surface area contributed by atoms with Crippen LogP contribution in [0.5, 0.6) is 5.75 Å². The number of imidazole rings is 1. The number of nitrogens with one attached hydrogen (secondary N) is 1. The number of rotatable bonds is 8. The van der Waals surface area contributed by atoms with Crippen LogP contribution < -0.4 is 15.7 Å². The van der Waals surface area contributed by atoms with E-state index in [4.69, 9.17) is 4.74 Å². The molecule has 0 atom stereocenters. The Bertz CT molecular complexity index is 1350. The minimum absolute atomic E-state index is 0.0455. The van der Waals surface area contributed by atoms with Gasteiger partial charge in [-0.15, -0.1) is 0 Å². The van der Waals surface area contributed by atoms with E-state index in [0.29, 0.717) is 25.4 Å². The highest BCUT2D eigenvalue weighted by atomic mass is 32.2. The van der Waals surface area contributed by atoms with Crippen LogP contribution in [0.4, 0.5) is 5.69 Å². The molecular weight excluding hydrogens is 456 g/mol. The number of carbonyl (C=O) groups excluding carboxylic acids is 1. The highest BCUT2D eigenvalue weighted by Gasteiger charge is 2.27. The number of hydrogen-bond donors (Lipinski definition) is 1. The molecule has 0 saturated carbocycles. The maximum atomic E-state index is 13.1. The van der Waals surface area contributed by atoms with Crippen molar-refractivity contribution in [2.75, 3.05) is 25.5 Å². The van der Waals surface area contributed by atoms with Crippen molar-refractivity contribution < 1.29 is 17.9 Å². The lowest BCUT2D eigenvalue weighted by Crippen LogP contribution is -2.35. The average molecular weight is 487 g/mol. The summed E-state index contributed by atoms with van der Waals surface area (Å²) in [6.07, 6.45) is 2.75. The van der Waals surface area contributed by atoms with Gasteiger partial charge in [-0.3, -0.25) is 13.9 Å². The number of carbonyl (C=O) groups is 1. The van der Waals surface area contributed by atoms with Crippen LogP contribution >= 0.6 is 0 Å². The van der Waals surface area contributed by atoms with Crippen LogP contribution in [0.1, 0.15) is 32.6 Å². The molecule has 0 radical (unpaired) electrons. The molecule has 9 nitrogen and oxygen atoms in total. The lowest BCUT2D eigenvalue weighted by atomic mass is 10.2. The number of aryl methyl sites for hydroxylation is 2. The van der Waals surface area contributed by atoms with E-state index in [1.165, 1.54) is 23.5 Å². The van der Waals surface area contributed by atoms with Crippen molar-refractivity contribution in [2.24, 2.45) is 0 Å². The van der Waals surface area contributed by atoms with Gasteiger partial charge < -0.3 is 10.1 Å². The highest BCUT2D eigenvalue weighted by Crippen LogP contribution is 2.30. The Morgan fingerprint density at radius 1 is 1.03 bits per heavy atom. The maximum Gasteiger partial charge on any atom is 0.329 e. The van der Waals surface area contributed by atoms with Gasteiger partial charge in [-0.05, 0) is 50.1 Å². The standard InChI is InChI=1S/C24H30N4O5S/c1-3-27-20-9-5-6-10-21(20)28(24(27)30)16-13-23(29)25-19-17-18(11-12-22(19)33-2)34(31,32)26-14-7-4-8-15-26/h5-6,9-12,17H,3-4,7-8,13-16H2,1-2H3,(H,25,29). The predicted molar refractivity (Wildman–Crippen MR) is 131 cm³/mol. The van der Waals surface area contributed by atoms with Gasteiger partial charge in [0.25, 0.3) is 0 Å². The van der Waals surface area contributed by atoms with Gasteiger partial charge in [0.15, 0.2) is 0 Å². The minimum atomic E-state index is -3.65. The first-order chi connectivity index (χ1) is 16.4. The van der Waals surface area contributed by atoms with Gasteiger partial charge in [0.1, 0.15) is 5.75 Å². The first kappa shape index (κ1) is 24.0. The largest absolute Gasteiger partial charge is 0.495 e. The molecule has 1 fully saturated rings. The fourth-order valence-corrected chi connectivity index (χ4v) is 5.96. The molecule has 10 heteroatoms. The first-order valence-electron chi connectivity index (χ1n) is 11.5. The van der Waals surface area contributed by atoms with E-state index >= 15 is 0 Å². The summed E-state index contributed by atoms with van der Waals surface area (Å²) in [5.74, 6) is 0.0248. The molecular formula is C24H30N4O5S. The van der Waals surface area contributed by atoms with Gasteiger partial charge in [-0.25, -0.2) is 13.2 Å². The van der Waals surface area contributed by atoms with E-state index in [0.717, 1.165) is 30.3 Å². The zero-order chi connectivity index (χ0) is 24.3. The number of fused-ring (bicyclic) bond motifs is 1. The Balaban J connectivity index is 1.53. The van der Waals surface area contributed by atoms with Gasteiger partial charge in [0, 0.05) is 32.6 Å². The Labute approximate surface area is 199 Å². The van der Waals surface area contributed by atoms with Gasteiger partial charge in [-0.1, -0.05) is 18.6 Å². The summed E-state index contributed by atoms with van der Waals surface area (Å²) >= 11 is 0. The summed E-state index contributed by atoms with van der Waals surface area (Å²) in [6.45, 7) is 3.63. The molecule has 1 saturated heterocycles. The van der Waals surface area contributed by atoms with E-state index in [9.17, 15) is 18.0 Å². The number of piperidine rings is 1. The normalized spacial score (nSPS) is 14.9. The number of hydrogen-bond acceptors (Lipinski definition) is 5. The molecule has 1 aliphatic rings. The average Bonchev–Trinajstić information content (AvgIpc) is 3.13. The predicted octanol–water partition coefficient (Wildman–Crippen LogP) is 3.03. The zero-order valence-corrected chi connectivity index (χ0v) is 20.3. The number of anilines is 1. The number of nitrogens with zero attached hydrogens (tertiary/aromatic N) is 3. The Kier molecular flexibility index (Phi) is 7.08. The third kappa shape index (κ3) is 4.60. The molecule has 1 aliphatic heterocycles. The van der Waals surface area contributed by atoms with Gasteiger partial charge in [0.2, 0.25) is 15.9 Å². The molecule has 2 heterocycles. The van der Waals surface area contributed by atoms with Gasteiger partial charge in [-0.2, -0.15) is 4.31 Å². The topological polar surface area (TPSA) is 103 Å². The summed E-state index contributed by atoms with van der Waals surface area (Å²) < 4.78 is 36.2. The third-order valence-corrected chi connectivity index (χ3v) is 8.10. The van der Waals surface area contributed by atoms with Crippen LogP contribution in [0.25, 0.3) is 11.0 Å². The van der Waals surface area contributed by atoms with Crippen LogP contribution in [0.2, 0.25) is 0 Å². The Hall–Kier alpha value is -3.11. The van der Waals surface area contributed by atoms with Crippen LogP contribution in [-0.4, -0.2) is 48.0 Å². The van der Waals surface area contributed by atoms with Crippen LogP contribution in [-0.2, 0) is 27.9 Å². The van der Waals surface area contributed by atoms with E-state index in [1.54, 1.807) is 15.2 Å². The zero-order valence-electron chi connectivity index (χ0n) is 19.5. The molecule has 1 amide bonds. The fourth-order valence-electron chi connectivity index (χ4n) is 4.42. The fraction of sp³-hybridized carbons (Fsp3) is 0.417. The van der Waals surface area contributed by atoms with Crippen molar-refractivity contribution in [1.29, 1.82) is 0 Å². The summed E-state index contributed by atoms with van der Waals surface area (Å²) in [5.41, 5.74) is 1.72. The van der Waals surface area contributed by atoms with Gasteiger partial charge in [0.05, 0.1) is 28.7 Å². The summed E-state index contributed by atoms with van der Waals surface area (Å²) in [5, 5.41) is 2.77. The summed E-state index contributed by atoms with van der Waals surface area (Å²) in [4.78, 5) is 25.7. The maximum absolute atomic E-state index is 13.1. The molecule has 1 N–H and O–H groups in total. The molecule has 182 valence electrons. The number of benzene rings is 2. The minimum Gasteiger partial charge on any atom is -0.495 e. The van der Waals surface area contributed by atoms with E-state index in [2.05, 4.69) is 5.32 Å². The number of methoxy groups -OCH3 is 1. The third-order valence-electron chi connectivity index (χ3n) is 6.20. The number of aromatic nitrogens is 2. The van der Waals surface area contributed by atoms with Crippen LogP contribution in [0.3, 0.4) is 0 Å². The number of sulfonamides is 1. The van der Waals surface area contributed by atoms with Crippen molar-refractivity contribution in [3.63, 3.8) is 0 Å². The molecule has 0 aliphatic carbocycles. The highest BCUT2D eigenvalue weighted by molar-refractivity contribution is 7.89. The summed E-state index contributed by atoms with van der Waals surface area (Å²) in [7, 11) is -2.19. The summed E-state index contributed by atoms with van der Waals surface area (Å²) in [6, 6.07) is 12.0. The lowest BCUT2D eigenvalue weighted by molar-refractivity contribution is -0.116. The molecule has 1 aromatic heterocycles. The second kappa shape index (κ2) is 10.0. The molecule has 34 heavy (non-hydrogen) atoms. The Morgan fingerprint density at radius 3 is 2.35 bits per heavy atom. The molecule has 2 aromatic carbocycles. The monoisotopic (exact) mass is 486 g/mol. The van der Waals surface area contributed by atoms with Crippen molar-refractivity contribution in [2.45, 2.75) is 50.6 Å². The van der Waals surface area contributed by atoms with Gasteiger partial charge >= 0.3 is 5.69 Å². The first-order valence-corrected chi connectivity index (χ1v) is 13.0. The number of para-hydroxylation sites is 2. The molecule has 4 rings (SSSR count). The molecule has 3 aromatic rings. The van der Waals surface area contributed by atoms with E-state index in [-0.39, 0.29) is 35.1 Å². The van der Waals surface area contributed by atoms with Crippen molar-refractivity contribution in [3.8, 4) is 5.75 Å².